The third-order valence-corrected chi connectivity index (χ3v) is 3.24. The molecule has 0 amide bonds. The highest BCUT2D eigenvalue weighted by Crippen LogP contribution is 2.26. The van der Waals surface area contributed by atoms with Crippen LogP contribution in [-0.4, -0.2) is 11.0 Å². The van der Waals surface area contributed by atoms with Crippen LogP contribution in [0.2, 0.25) is 0 Å². The maximum Gasteiger partial charge on any atom is 0.142 e. The number of benzene rings is 1. The van der Waals surface area contributed by atoms with Crippen LogP contribution in [0.4, 0.5) is 8.78 Å². The molecule has 1 aromatic carbocycles. The van der Waals surface area contributed by atoms with Gasteiger partial charge in [0.15, 0.2) is 0 Å². The molecule has 0 aliphatic heterocycles. The highest BCUT2D eigenvalue weighted by Gasteiger charge is 2.20. The van der Waals surface area contributed by atoms with Crippen LogP contribution in [0.5, 0.6) is 0 Å². The average Bonchev–Trinajstić information content (AvgIpc) is 3.20. The number of hydrogen-bond donors (Lipinski definition) is 1. The van der Waals surface area contributed by atoms with Crippen LogP contribution >= 0.6 is 0 Å². The fourth-order valence-electron chi connectivity index (χ4n) is 2.09. The van der Waals surface area contributed by atoms with Gasteiger partial charge in [-0.25, -0.2) is 8.78 Å². The number of rotatable bonds is 4. The van der Waals surface area contributed by atoms with Gasteiger partial charge in [0.25, 0.3) is 0 Å². The van der Waals surface area contributed by atoms with Crippen molar-refractivity contribution in [2.45, 2.75) is 25.4 Å². The van der Waals surface area contributed by atoms with Gasteiger partial charge in [0.1, 0.15) is 11.6 Å². The fraction of sp³-hybridized carbons (Fsp3) is 0.267. The van der Waals surface area contributed by atoms with Crippen LogP contribution in [0, 0.1) is 11.6 Å². The molecular formula is C15H14F2N2. The van der Waals surface area contributed by atoms with E-state index in [1.165, 1.54) is 31.0 Å². The van der Waals surface area contributed by atoms with Crippen LogP contribution in [0.15, 0.2) is 36.7 Å². The van der Waals surface area contributed by atoms with E-state index in [9.17, 15) is 8.78 Å². The second-order valence-electron chi connectivity index (χ2n) is 4.85. The number of nitrogens with one attached hydrogen (secondary N) is 1. The summed E-state index contributed by atoms with van der Waals surface area (Å²) in [5, 5.41) is 3.34. The third kappa shape index (κ3) is 2.96. The van der Waals surface area contributed by atoms with Gasteiger partial charge >= 0.3 is 0 Å². The number of hydrogen-bond acceptors (Lipinski definition) is 2. The van der Waals surface area contributed by atoms with Crippen molar-refractivity contribution in [1.82, 2.24) is 10.3 Å². The average molecular weight is 260 g/mol. The molecule has 3 rings (SSSR count). The zero-order chi connectivity index (χ0) is 13.2. The van der Waals surface area contributed by atoms with E-state index in [0.717, 1.165) is 17.3 Å². The van der Waals surface area contributed by atoms with Gasteiger partial charge in [-0.3, -0.25) is 4.98 Å². The first-order valence-electron chi connectivity index (χ1n) is 6.35. The Kier molecular flexibility index (Phi) is 3.25. The van der Waals surface area contributed by atoms with Gasteiger partial charge in [0.05, 0.1) is 6.20 Å². The van der Waals surface area contributed by atoms with Gasteiger partial charge in [-0.15, -0.1) is 0 Å². The molecule has 0 atom stereocenters. The van der Waals surface area contributed by atoms with Gasteiger partial charge in [-0.05, 0) is 42.2 Å². The van der Waals surface area contributed by atoms with Crippen LogP contribution in [0.3, 0.4) is 0 Å². The minimum absolute atomic E-state index is 0.277. The Balaban J connectivity index is 1.94. The van der Waals surface area contributed by atoms with E-state index < -0.39 is 0 Å². The maximum atomic E-state index is 13.4. The summed E-state index contributed by atoms with van der Waals surface area (Å²) in [5.41, 5.74) is 2.33. The van der Waals surface area contributed by atoms with Crippen molar-refractivity contribution < 1.29 is 8.78 Å². The maximum absolute atomic E-state index is 13.4. The molecule has 1 fully saturated rings. The summed E-state index contributed by atoms with van der Waals surface area (Å²) >= 11 is 0. The fourth-order valence-corrected chi connectivity index (χ4v) is 2.09. The Morgan fingerprint density at radius 3 is 2.68 bits per heavy atom. The minimum atomic E-state index is -0.386. The van der Waals surface area contributed by atoms with E-state index in [1.807, 2.05) is 0 Å². The van der Waals surface area contributed by atoms with Crippen molar-refractivity contribution in [3.05, 3.63) is 53.9 Å². The monoisotopic (exact) mass is 260 g/mol. The lowest BCUT2D eigenvalue weighted by atomic mass is 10.0. The Labute approximate surface area is 110 Å². The first-order valence-corrected chi connectivity index (χ1v) is 6.35. The molecule has 1 saturated carbocycles. The largest absolute Gasteiger partial charge is 0.310 e. The van der Waals surface area contributed by atoms with Crippen LogP contribution in [-0.2, 0) is 6.54 Å². The highest BCUT2D eigenvalue weighted by atomic mass is 19.1. The molecule has 1 aromatic heterocycles. The first-order chi connectivity index (χ1) is 9.22. The second kappa shape index (κ2) is 5.05. The summed E-state index contributed by atoms with van der Waals surface area (Å²) in [4.78, 5) is 3.84. The summed E-state index contributed by atoms with van der Waals surface area (Å²) in [6, 6.07) is 6.52. The van der Waals surface area contributed by atoms with Crippen molar-refractivity contribution >= 4 is 0 Å². The number of nitrogens with zero attached hydrogens (tertiary/aromatic N) is 1. The van der Waals surface area contributed by atoms with E-state index in [2.05, 4.69) is 10.3 Å². The van der Waals surface area contributed by atoms with Gasteiger partial charge in [-0.2, -0.15) is 0 Å². The molecule has 98 valence electrons. The van der Waals surface area contributed by atoms with Gasteiger partial charge in [0, 0.05) is 24.3 Å². The molecule has 1 aliphatic carbocycles. The van der Waals surface area contributed by atoms with Crippen LogP contribution in [0.1, 0.15) is 18.4 Å². The predicted molar refractivity (Wildman–Crippen MR) is 69.5 cm³/mol. The van der Waals surface area contributed by atoms with E-state index in [4.69, 9.17) is 0 Å². The Morgan fingerprint density at radius 1 is 1.11 bits per heavy atom. The minimum Gasteiger partial charge on any atom is -0.310 e. The van der Waals surface area contributed by atoms with E-state index in [-0.39, 0.29) is 11.6 Å². The molecule has 2 aromatic rings. The predicted octanol–water partition coefficient (Wildman–Crippen LogP) is 3.28. The molecule has 2 nitrogen and oxygen atoms in total. The summed E-state index contributed by atoms with van der Waals surface area (Å²) in [6.45, 7) is 0.592. The molecule has 1 heterocycles. The van der Waals surface area contributed by atoms with E-state index >= 15 is 0 Å². The van der Waals surface area contributed by atoms with Gasteiger partial charge in [-0.1, -0.05) is 6.07 Å². The SMILES string of the molecule is Fc1cncc(-c2ccc(F)cc2CNC2CC2)c1. The molecule has 19 heavy (non-hydrogen) atoms. The Hall–Kier alpha value is -1.81. The smallest absolute Gasteiger partial charge is 0.142 e. The lowest BCUT2D eigenvalue weighted by Crippen LogP contribution is -2.16. The number of pyridine rings is 1. The summed E-state index contributed by atoms with van der Waals surface area (Å²) < 4.78 is 26.6. The standard InChI is InChI=1S/C15H14F2N2/c16-12-1-4-15(10-6-13(17)9-18-7-10)11(5-12)8-19-14-2-3-14/h1,4-7,9,14,19H,2-3,8H2. The lowest BCUT2D eigenvalue weighted by Gasteiger charge is -2.10. The molecule has 4 heteroatoms. The highest BCUT2D eigenvalue weighted by molar-refractivity contribution is 5.66. The molecule has 0 spiro atoms. The zero-order valence-electron chi connectivity index (χ0n) is 10.4. The molecule has 0 radical (unpaired) electrons. The van der Waals surface area contributed by atoms with Crippen molar-refractivity contribution in [1.29, 1.82) is 0 Å². The molecule has 0 bridgehead atoms. The molecule has 1 N–H and O–H groups in total. The molecular weight excluding hydrogens is 246 g/mol. The summed E-state index contributed by atoms with van der Waals surface area (Å²) in [7, 11) is 0. The lowest BCUT2D eigenvalue weighted by molar-refractivity contribution is 0.619. The molecule has 0 saturated heterocycles. The van der Waals surface area contributed by atoms with E-state index in [0.29, 0.717) is 18.2 Å². The molecule has 1 aliphatic rings. The third-order valence-electron chi connectivity index (χ3n) is 3.24. The Bertz CT molecular complexity index is 594. The van der Waals surface area contributed by atoms with Crippen molar-refractivity contribution in [2.75, 3.05) is 0 Å². The van der Waals surface area contributed by atoms with Gasteiger partial charge < -0.3 is 5.32 Å². The summed E-state index contributed by atoms with van der Waals surface area (Å²) in [5.74, 6) is -0.663. The summed E-state index contributed by atoms with van der Waals surface area (Å²) in [6.07, 6.45) is 5.10. The van der Waals surface area contributed by atoms with Crippen molar-refractivity contribution in [2.24, 2.45) is 0 Å². The topological polar surface area (TPSA) is 24.9 Å². The normalized spacial score (nSPS) is 14.6. The number of aromatic nitrogens is 1. The van der Waals surface area contributed by atoms with Crippen LogP contribution in [0.25, 0.3) is 11.1 Å². The van der Waals surface area contributed by atoms with Crippen LogP contribution < -0.4 is 5.32 Å². The van der Waals surface area contributed by atoms with Crippen molar-refractivity contribution in [3.8, 4) is 11.1 Å². The quantitative estimate of drug-likeness (QED) is 0.912. The number of halogens is 2. The Morgan fingerprint density at radius 2 is 1.95 bits per heavy atom. The van der Waals surface area contributed by atoms with Crippen molar-refractivity contribution in [3.63, 3.8) is 0 Å². The zero-order valence-corrected chi connectivity index (χ0v) is 10.4. The molecule has 0 unspecified atom stereocenters. The second-order valence-corrected chi connectivity index (χ2v) is 4.85. The first kappa shape index (κ1) is 12.2. The van der Waals surface area contributed by atoms with Gasteiger partial charge in [0.2, 0.25) is 0 Å². The van der Waals surface area contributed by atoms with E-state index in [1.54, 1.807) is 12.3 Å².